The summed E-state index contributed by atoms with van der Waals surface area (Å²) in [6.07, 6.45) is 5.04. The van der Waals surface area contributed by atoms with Gasteiger partial charge >= 0.3 is 0 Å². The molecule has 2 nitrogen and oxygen atoms in total. The SMILES string of the molecule is CC1(O)C=CC(C)([C@@H](O)S)CC1. The van der Waals surface area contributed by atoms with Crippen molar-refractivity contribution in [1.29, 1.82) is 0 Å². The molecule has 0 amide bonds. The average Bonchev–Trinajstić information content (AvgIpc) is 1.96. The minimum absolute atomic E-state index is 0.286. The van der Waals surface area contributed by atoms with Crippen LogP contribution in [0.1, 0.15) is 26.7 Å². The molecule has 0 heterocycles. The molecule has 2 N–H and O–H groups in total. The van der Waals surface area contributed by atoms with Crippen LogP contribution in [0.25, 0.3) is 0 Å². The lowest BCUT2D eigenvalue weighted by Crippen LogP contribution is -2.35. The Hall–Kier alpha value is 0.01000. The zero-order valence-electron chi connectivity index (χ0n) is 7.49. The van der Waals surface area contributed by atoms with Gasteiger partial charge < -0.3 is 10.2 Å². The predicted molar refractivity (Wildman–Crippen MR) is 52.1 cm³/mol. The maximum Gasteiger partial charge on any atom is 0.105 e. The zero-order valence-corrected chi connectivity index (χ0v) is 8.38. The molecule has 1 aliphatic carbocycles. The smallest absolute Gasteiger partial charge is 0.105 e. The van der Waals surface area contributed by atoms with E-state index >= 15 is 0 Å². The summed E-state index contributed by atoms with van der Waals surface area (Å²) < 4.78 is 0. The lowest BCUT2D eigenvalue weighted by atomic mass is 9.76. The first kappa shape index (κ1) is 10.1. The summed E-state index contributed by atoms with van der Waals surface area (Å²) in [6.45, 7) is 3.71. The fourth-order valence-electron chi connectivity index (χ4n) is 1.27. The van der Waals surface area contributed by atoms with Crippen LogP contribution in [0.5, 0.6) is 0 Å². The Morgan fingerprint density at radius 2 is 1.92 bits per heavy atom. The second-order valence-corrected chi connectivity index (χ2v) is 4.56. The molecule has 1 aliphatic rings. The summed E-state index contributed by atoms with van der Waals surface area (Å²) in [4.78, 5) is 0. The van der Waals surface area contributed by atoms with Crippen molar-refractivity contribution in [3.05, 3.63) is 12.2 Å². The minimum Gasteiger partial charge on any atom is -0.386 e. The molecule has 70 valence electrons. The van der Waals surface area contributed by atoms with Crippen LogP contribution in [0, 0.1) is 5.41 Å². The van der Waals surface area contributed by atoms with E-state index in [0.29, 0.717) is 6.42 Å². The van der Waals surface area contributed by atoms with Gasteiger partial charge in [0.05, 0.1) is 5.60 Å². The molecule has 2 unspecified atom stereocenters. The Bertz CT molecular complexity index is 199. The van der Waals surface area contributed by atoms with E-state index < -0.39 is 11.0 Å². The van der Waals surface area contributed by atoms with Crippen LogP contribution >= 0.6 is 12.6 Å². The molecule has 0 spiro atoms. The van der Waals surface area contributed by atoms with Crippen molar-refractivity contribution < 1.29 is 10.2 Å². The van der Waals surface area contributed by atoms with E-state index in [1.165, 1.54) is 0 Å². The van der Waals surface area contributed by atoms with E-state index in [-0.39, 0.29) is 5.41 Å². The topological polar surface area (TPSA) is 40.5 Å². The molecule has 1 rings (SSSR count). The zero-order chi connectivity index (χ0) is 9.41. The lowest BCUT2D eigenvalue weighted by molar-refractivity contribution is 0.0544. The van der Waals surface area contributed by atoms with Crippen LogP contribution in [0.15, 0.2) is 12.2 Å². The van der Waals surface area contributed by atoms with Gasteiger partial charge in [-0.15, -0.1) is 12.6 Å². The van der Waals surface area contributed by atoms with E-state index in [2.05, 4.69) is 12.6 Å². The number of hydrogen-bond donors (Lipinski definition) is 3. The van der Waals surface area contributed by atoms with Crippen molar-refractivity contribution in [3.63, 3.8) is 0 Å². The third kappa shape index (κ3) is 2.03. The van der Waals surface area contributed by atoms with Gasteiger partial charge in [-0.05, 0) is 19.8 Å². The van der Waals surface area contributed by atoms with Crippen molar-refractivity contribution >= 4 is 12.6 Å². The number of hydrogen-bond acceptors (Lipinski definition) is 3. The van der Waals surface area contributed by atoms with Gasteiger partial charge in [-0.1, -0.05) is 19.1 Å². The molecular formula is C9H16O2S. The van der Waals surface area contributed by atoms with Crippen molar-refractivity contribution in [2.24, 2.45) is 5.41 Å². The molecule has 0 aromatic rings. The Labute approximate surface area is 78.7 Å². The van der Waals surface area contributed by atoms with Crippen LogP contribution in [-0.2, 0) is 0 Å². The van der Waals surface area contributed by atoms with Crippen LogP contribution in [0.3, 0.4) is 0 Å². The van der Waals surface area contributed by atoms with E-state index in [9.17, 15) is 10.2 Å². The molecule has 0 fully saturated rings. The van der Waals surface area contributed by atoms with Gasteiger partial charge in [0.1, 0.15) is 5.44 Å². The van der Waals surface area contributed by atoms with Crippen molar-refractivity contribution in [1.82, 2.24) is 0 Å². The van der Waals surface area contributed by atoms with Gasteiger partial charge in [-0.2, -0.15) is 0 Å². The van der Waals surface area contributed by atoms with E-state index in [1.54, 1.807) is 13.0 Å². The highest BCUT2D eigenvalue weighted by molar-refractivity contribution is 7.80. The highest BCUT2D eigenvalue weighted by Gasteiger charge is 2.34. The van der Waals surface area contributed by atoms with Gasteiger partial charge in [-0.3, -0.25) is 0 Å². The Kier molecular flexibility index (Phi) is 2.57. The third-order valence-corrected chi connectivity index (χ3v) is 3.17. The molecule has 0 radical (unpaired) electrons. The molecule has 0 saturated heterocycles. The molecule has 0 aliphatic heterocycles. The Balaban J connectivity index is 2.77. The fourth-order valence-corrected chi connectivity index (χ4v) is 1.49. The van der Waals surface area contributed by atoms with Crippen molar-refractivity contribution in [2.45, 2.75) is 37.7 Å². The Morgan fingerprint density at radius 3 is 2.25 bits per heavy atom. The molecule has 0 bridgehead atoms. The largest absolute Gasteiger partial charge is 0.386 e. The van der Waals surface area contributed by atoms with E-state index in [0.717, 1.165) is 6.42 Å². The predicted octanol–water partition coefficient (Wildman–Crippen LogP) is 1.34. The maximum absolute atomic E-state index is 9.60. The van der Waals surface area contributed by atoms with E-state index in [4.69, 9.17) is 0 Å². The van der Waals surface area contributed by atoms with Crippen molar-refractivity contribution in [2.75, 3.05) is 0 Å². The Morgan fingerprint density at radius 1 is 1.33 bits per heavy atom. The average molecular weight is 188 g/mol. The van der Waals surface area contributed by atoms with Crippen LogP contribution in [-0.4, -0.2) is 21.3 Å². The first-order valence-electron chi connectivity index (χ1n) is 4.15. The van der Waals surface area contributed by atoms with Gasteiger partial charge in [0.2, 0.25) is 0 Å². The first-order chi connectivity index (χ1) is 5.36. The third-order valence-electron chi connectivity index (χ3n) is 2.58. The second-order valence-electron chi connectivity index (χ2n) is 4.07. The van der Waals surface area contributed by atoms with Crippen LogP contribution in [0.4, 0.5) is 0 Å². The summed E-state index contributed by atoms with van der Waals surface area (Å²) in [6, 6.07) is 0. The van der Waals surface area contributed by atoms with E-state index in [1.807, 2.05) is 13.0 Å². The molecule has 0 aromatic carbocycles. The fraction of sp³-hybridized carbons (Fsp3) is 0.778. The summed E-state index contributed by atoms with van der Waals surface area (Å²) in [5.41, 5.74) is -1.64. The van der Waals surface area contributed by atoms with Gasteiger partial charge in [-0.25, -0.2) is 0 Å². The summed E-state index contributed by atoms with van der Waals surface area (Å²) in [5, 5.41) is 18.9. The van der Waals surface area contributed by atoms with Crippen LogP contribution in [0.2, 0.25) is 0 Å². The minimum atomic E-state index is -0.706. The van der Waals surface area contributed by atoms with Gasteiger partial charge in [0.25, 0.3) is 0 Å². The number of rotatable bonds is 1. The normalized spacial score (nSPS) is 44.4. The maximum atomic E-state index is 9.60. The lowest BCUT2D eigenvalue weighted by Gasteiger charge is -2.36. The summed E-state index contributed by atoms with van der Waals surface area (Å²) in [7, 11) is 0. The first-order valence-corrected chi connectivity index (χ1v) is 4.66. The van der Waals surface area contributed by atoms with Crippen LogP contribution < -0.4 is 0 Å². The standard InChI is InChI=1S/C9H16O2S/c1-8(7(10)12)3-5-9(2,11)6-4-8/h3,5,7,10-12H,4,6H2,1-2H3/t7-,8?,9?/m0/s1. The summed E-state index contributed by atoms with van der Waals surface area (Å²) >= 11 is 4.01. The molecule has 0 saturated carbocycles. The number of aliphatic hydroxyl groups excluding tert-OH is 1. The van der Waals surface area contributed by atoms with Gasteiger partial charge in [0.15, 0.2) is 0 Å². The summed E-state index contributed by atoms with van der Waals surface area (Å²) in [5.74, 6) is 0. The molecule has 12 heavy (non-hydrogen) atoms. The second kappa shape index (κ2) is 3.05. The monoisotopic (exact) mass is 188 g/mol. The molecule has 3 heteroatoms. The highest BCUT2D eigenvalue weighted by Crippen LogP contribution is 2.38. The van der Waals surface area contributed by atoms with Crippen molar-refractivity contribution in [3.8, 4) is 0 Å². The quantitative estimate of drug-likeness (QED) is 0.330. The molecule has 3 atom stereocenters. The highest BCUT2D eigenvalue weighted by atomic mass is 32.1. The number of aliphatic hydroxyl groups is 2. The number of thiol groups is 1. The van der Waals surface area contributed by atoms with Gasteiger partial charge in [0, 0.05) is 5.41 Å². The molecular weight excluding hydrogens is 172 g/mol. The molecule has 0 aromatic heterocycles.